The Hall–Kier alpha value is -0.610. The molecule has 2 fully saturated rings. The number of piperidine rings is 1. The molecule has 4 nitrogen and oxygen atoms in total. The lowest BCUT2D eigenvalue weighted by Crippen LogP contribution is -2.39. The van der Waals surface area contributed by atoms with E-state index in [1.165, 1.54) is 32.4 Å². The highest BCUT2D eigenvalue weighted by Crippen LogP contribution is 2.16. The van der Waals surface area contributed by atoms with Gasteiger partial charge in [0.25, 0.3) is 0 Å². The molecule has 2 aliphatic heterocycles. The second kappa shape index (κ2) is 7.10. The molecule has 1 atom stereocenters. The molecule has 0 bridgehead atoms. The third-order valence-corrected chi connectivity index (χ3v) is 4.34. The number of hydrogen-bond donors (Lipinski definition) is 2. The SMILES string of the molecule is CCN1CCC(CNC(=O)CC2CCCN2)CC1. The first kappa shape index (κ1) is 13.8. The van der Waals surface area contributed by atoms with Crippen molar-refractivity contribution < 1.29 is 4.79 Å². The van der Waals surface area contributed by atoms with E-state index in [2.05, 4.69) is 22.5 Å². The second-order valence-electron chi connectivity index (χ2n) is 5.68. The van der Waals surface area contributed by atoms with Crippen molar-refractivity contribution in [1.82, 2.24) is 15.5 Å². The smallest absolute Gasteiger partial charge is 0.221 e. The molecule has 1 unspecified atom stereocenters. The summed E-state index contributed by atoms with van der Waals surface area (Å²) in [5.74, 6) is 0.917. The maximum absolute atomic E-state index is 11.8. The molecule has 0 aromatic rings. The van der Waals surface area contributed by atoms with Crippen molar-refractivity contribution in [3.63, 3.8) is 0 Å². The number of amides is 1. The highest BCUT2D eigenvalue weighted by molar-refractivity contribution is 5.76. The molecule has 0 aromatic heterocycles. The Morgan fingerprint density at radius 3 is 2.72 bits per heavy atom. The molecule has 0 aliphatic carbocycles. The first-order valence-corrected chi connectivity index (χ1v) is 7.50. The molecule has 1 amide bonds. The number of carbonyl (C=O) groups excluding carboxylic acids is 1. The number of likely N-dealkylation sites (tertiary alicyclic amines) is 1. The van der Waals surface area contributed by atoms with Gasteiger partial charge in [0.05, 0.1) is 0 Å². The van der Waals surface area contributed by atoms with E-state index in [1.54, 1.807) is 0 Å². The summed E-state index contributed by atoms with van der Waals surface area (Å²) in [6, 6.07) is 0.423. The first-order chi connectivity index (χ1) is 8.78. The predicted octanol–water partition coefficient (Wildman–Crippen LogP) is 0.977. The van der Waals surface area contributed by atoms with E-state index in [1.807, 2.05) is 0 Å². The standard InChI is InChI=1S/C14H27N3O/c1-2-17-8-5-12(6-9-17)11-16-14(18)10-13-4-3-7-15-13/h12-13,15H,2-11H2,1H3,(H,16,18). The Morgan fingerprint density at radius 2 is 2.11 bits per heavy atom. The summed E-state index contributed by atoms with van der Waals surface area (Å²) in [6.45, 7) is 7.72. The van der Waals surface area contributed by atoms with Crippen molar-refractivity contribution in [2.24, 2.45) is 5.92 Å². The minimum absolute atomic E-state index is 0.229. The molecule has 2 heterocycles. The van der Waals surface area contributed by atoms with Crippen LogP contribution in [0.1, 0.15) is 39.0 Å². The molecular weight excluding hydrogens is 226 g/mol. The van der Waals surface area contributed by atoms with Gasteiger partial charge in [0.1, 0.15) is 0 Å². The molecule has 0 radical (unpaired) electrons. The highest BCUT2D eigenvalue weighted by Gasteiger charge is 2.20. The minimum Gasteiger partial charge on any atom is -0.356 e. The van der Waals surface area contributed by atoms with E-state index in [0.29, 0.717) is 18.4 Å². The number of hydrogen-bond acceptors (Lipinski definition) is 3. The summed E-state index contributed by atoms with van der Waals surface area (Å²) in [7, 11) is 0. The number of rotatable bonds is 5. The number of carbonyl (C=O) groups is 1. The van der Waals surface area contributed by atoms with Gasteiger partial charge >= 0.3 is 0 Å². The summed E-state index contributed by atoms with van der Waals surface area (Å²) in [5, 5.41) is 6.49. The van der Waals surface area contributed by atoms with Crippen LogP contribution >= 0.6 is 0 Å². The van der Waals surface area contributed by atoms with Crippen LogP contribution in [-0.4, -0.2) is 49.6 Å². The fourth-order valence-corrected chi connectivity index (χ4v) is 2.99. The van der Waals surface area contributed by atoms with Crippen molar-refractivity contribution in [3.05, 3.63) is 0 Å². The Morgan fingerprint density at radius 1 is 1.33 bits per heavy atom. The molecule has 4 heteroatoms. The first-order valence-electron chi connectivity index (χ1n) is 7.50. The zero-order valence-electron chi connectivity index (χ0n) is 11.6. The van der Waals surface area contributed by atoms with E-state index >= 15 is 0 Å². The van der Waals surface area contributed by atoms with Crippen LogP contribution in [0.3, 0.4) is 0 Å². The molecule has 0 saturated carbocycles. The second-order valence-corrected chi connectivity index (χ2v) is 5.68. The van der Waals surface area contributed by atoms with E-state index in [0.717, 1.165) is 26.1 Å². The van der Waals surface area contributed by atoms with Crippen LogP contribution < -0.4 is 10.6 Å². The molecule has 0 aromatic carbocycles. The Kier molecular flexibility index (Phi) is 5.45. The van der Waals surface area contributed by atoms with Gasteiger partial charge in [-0.05, 0) is 57.8 Å². The van der Waals surface area contributed by atoms with Gasteiger partial charge in [-0.3, -0.25) is 4.79 Å². The van der Waals surface area contributed by atoms with Crippen LogP contribution in [0, 0.1) is 5.92 Å². The Balaban J connectivity index is 1.58. The number of nitrogens with zero attached hydrogens (tertiary/aromatic N) is 1. The van der Waals surface area contributed by atoms with E-state index in [-0.39, 0.29) is 5.91 Å². The van der Waals surface area contributed by atoms with Crippen molar-refractivity contribution in [2.75, 3.05) is 32.7 Å². The molecule has 2 saturated heterocycles. The van der Waals surface area contributed by atoms with Crippen molar-refractivity contribution in [1.29, 1.82) is 0 Å². The number of nitrogens with one attached hydrogen (secondary N) is 2. The van der Waals surface area contributed by atoms with Gasteiger partial charge in [-0.25, -0.2) is 0 Å². The lowest BCUT2D eigenvalue weighted by Gasteiger charge is -2.31. The van der Waals surface area contributed by atoms with Gasteiger partial charge in [0.15, 0.2) is 0 Å². The summed E-state index contributed by atoms with van der Waals surface area (Å²) in [5.41, 5.74) is 0. The van der Waals surface area contributed by atoms with Gasteiger partial charge < -0.3 is 15.5 Å². The summed E-state index contributed by atoms with van der Waals surface area (Å²) < 4.78 is 0. The van der Waals surface area contributed by atoms with Gasteiger partial charge in [0.2, 0.25) is 5.91 Å². The van der Waals surface area contributed by atoms with Crippen molar-refractivity contribution >= 4 is 5.91 Å². The van der Waals surface area contributed by atoms with Crippen LogP contribution in [0.25, 0.3) is 0 Å². The highest BCUT2D eigenvalue weighted by atomic mass is 16.1. The van der Waals surface area contributed by atoms with Crippen LogP contribution in [0.5, 0.6) is 0 Å². The summed E-state index contributed by atoms with van der Waals surface area (Å²) in [4.78, 5) is 14.3. The zero-order chi connectivity index (χ0) is 12.8. The fourth-order valence-electron chi connectivity index (χ4n) is 2.99. The van der Waals surface area contributed by atoms with Crippen LogP contribution in [0.15, 0.2) is 0 Å². The molecule has 18 heavy (non-hydrogen) atoms. The lowest BCUT2D eigenvalue weighted by atomic mass is 9.97. The third-order valence-electron chi connectivity index (χ3n) is 4.34. The van der Waals surface area contributed by atoms with Gasteiger partial charge in [0, 0.05) is 19.0 Å². The lowest BCUT2D eigenvalue weighted by molar-refractivity contribution is -0.121. The van der Waals surface area contributed by atoms with E-state index in [9.17, 15) is 4.79 Å². The topological polar surface area (TPSA) is 44.4 Å². The average Bonchev–Trinajstić information content (AvgIpc) is 2.90. The summed E-state index contributed by atoms with van der Waals surface area (Å²) >= 11 is 0. The van der Waals surface area contributed by atoms with Gasteiger partial charge in [-0.1, -0.05) is 6.92 Å². The largest absolute Gasteiger partial charge is 0.356 e. The molecular formula is C14H27N3O. The van der Waals surface area contributed by atoms with Crippen LogP contribution in [0.2, 0.25) is 0 Å². The van der Waals surface area contributed by atoms with E-state index < -0.39 is 0 Å². The average molecular weight is 253 g/mol. The predicted molar refractivity (Wildman–Crippen MR) is 73.5 cm³/mol. The Labute approximate surface area is 110 Å². The minimum atomic E-state index is 0.229. The van der Waals surface area contributed by atoms with Crippen molar-refractivity contribution in [2.45, 2.75) is 45.1 Å². The van der Waals surface area contributed by atoms with Gasteiger partial charge in [-0.2, -0.15) is 0 Å². The fraction of sp³-hybridized carbons (Fsp3) is 0.929. The van der Waals surface area contributed by atoms with Crippen LogP contribution in [0.4, 0.5) is 0 Å². The molecule has 104 valence electrons. The summed E-state index contributed by atoms with van der Waals surface area (Å²) in [6.07, 6.45) is 5.50. The molecule has 2 aliphatic rings. The molecule has 2 N–H and O–H groups in total. The molecule has 2 rings (SSSR count). The zero-order valence-corrected chi connectivity index (χ0v) is 11.6. The maximum atomic E-state index is 11.8. The quantitative estimate of drug-likeness (QED) is 0.767. The van der Waals surface area contributed by atoms with Gasteiger partial charge in [-0.15, -0.1) is 0 Å². The monoisotopic (exact) mass is 253 g/mol. The Bertz CT molecular complexity index is 256. The van der Waals surface area contributed by atoms with Crippen molar-refractivity contribution in [3.8, 4) is 0 Å². The molecule has 0 spiro atoms. The van der Waals surface area contributed by atoms with Crippen LogP contribution in [-0.2, 0) is 4.79 Å². The normalized spacial score (nSPS) is 26.4. The third kappa shape index (κ3) is 4.25. The maximum Gasteiger partial charge on any atom is 0.221 e. The van der Waals surface area contributed by atoms with E-state index in [4.69, 9.17) is 0 Å².